The summed E-state index contributed by atoms with van der Waals surface area (Å²) in [4.78, 5) is 71.6. The van der Waals surface area contributed by atoms with Gasteiger partial charge in [0.1, 0.15) is 18.1 Å². The van der Waals surface area contributed by atoms with Gasteiger partial charge in [-0.3, -0.25) is 24.0 Å². The van der Waals surface area contributed by atoms with Gasteiger partial charge in [-0.2, -0.15) is 12.6 Å². The van der Waals surface area contributed by atoms with Crippen LogP contribution in [0.15, 0.2) is 30.3 Å². The number of nitrogens with one attached hydrogen (secondary N) is 3. The number of rotatable bonds is 15. The van der Waals surface area contributed by atoms with Crippen LogP contribution in [0.25, 0.3) is 0 Å². The van der Waals surface area contributed by atoms with Gasteiger partial charge in [0.2, 0.25) is 23.6 Å². The number of primary amides is 1. The Bertz CT molecular complexity index is 930. The first-order chi connectivity index (χ1) is 16.4. The molecule has 9 N–H and O–H groups in total. The van der Waals surface area contributed by atoms with E-state index in [0.717, 1.165) is 0 Å². The summed E-state index contributed by atoms with van der Waals surface area (Å²) in [5.41, 5.74) is 11.2. The molecule has 4 unspecified atom stereocenters. The average molecular weight is 512 g/mol. The van der Waals surface area contributed by atoms with E-state index in [9.17, 15) is 33.9 Å². The smallest absolute Gasteiger partial charge is 0.326 e. The van der Waals surface area contributed by atoms with Gasteiger partial charge in [-0.1, -0.05) is 30.3 Å². The maximum absolute atomic E-state index is 12.9. The van der Waals surface area contributed by atoms with Crippen molar-refractivity contribution in [1.82, 2.24) is 16.0 Å². The molecule has 13 nitrogen and oxygen atoms in total. The molecule has 0 saturated heterocycles. The van der Waals surface area contributed by atoms with E-state index in [1.54, 1.807) is 30.3 Å². The van der Waals surface area contributed by atoms with Crippen molar-refractivity contribution in [3.8, 4) is 0 Å². The Labute approximate surface area is 206 Å². The largest absolute Gasteiger partial charge is 0.481 e. The highest BCUT2D eigenvalue weighted by Gasteiger charge is 2.31. The highest BCUT2D eigenvalue weighted by Crippen LogP contribution is 2.07. The van der Waals surface area contributed by atoms with Gasteiger partial charge in [0, 0.05) is 18.6 Å². The van der Waals surface area contributed by atoms with Gasteiger partial charge in [-0.15, -0.1) is 0 Å². The van der Waals surface area contributed by atoms with Crippen LogP contribution in [0, 0.1) is 0 Å². The fourth-order valence-corrected chi connectivity index (χ4v) is 3.06. The summed E-state index contributed by atoms with van der Waals surface area (Å²) < 4.78 is 0. The minimum absolute atomic E-state index is 0.0613. The van der Waals surface area contributed by atoms with Gasteiger partial charge in [0.05, 0.1) is 12.5 Å². The van der Waals surface area contributed by atoms with Gasteiger partial charge in [0.15, 0.2) is 0 Å². The molecular formula is C21H29N5O8S. The monoisotopic (exact) mass is 511 g/mol. The third-order valence-electron chi connectivity index (χ3n) is 4.75. The second-order valence-electron chi connectivity index (χ2n) is 7.60. The number of carboxylic acid groups (broad SMARTS) is 2. The minimum atomic E-state index is -1.57. The summed E-state index contributed by atoms with van der Waals surface area (Å²) in [7, 11) is 0. The molecule has 0 aliphatic rings. The van der Waals surface area contributed by atoms with E-state index in [0.29, 0.717) is 5.56 Å². The molecule has 4 amide bonds. The molecule has 14 heteroatoms. The van der Waals surface area contributed by atoms with Crippen molar-refractivity contribution in [3.05, 3.63) is 35.9 Å². The molecule has 192 valence electrons. The van der Waals surface area contributed by atoms with Crippen molar-refractivity contribution in [3.63, 3.8) is 0 Å². The van der Waals surface area contributed by atoms with Gasteiger partial charge in [-0.25, -0.2) is 4.79 Å². The lowest BCUT2D eigenvalue weighted by molar-refractivity contribution is -0.143. The van der Waals surface area contributed by atoms with E-state index in [1.165, 1.54) is 0 Å². The van der Waals surface area contributed by atoms with Crippen LogP contribution >= 0.6 is 12.6 Å². The number of hydrogen-bond acceptors (Lipinski definition) is 8. The molecule has 35 heavy (non-hydrogen) atoms. The van der Waals surface area contributed by atoms with Crippen LogP contribution in [-0.2, 0) is 35.2 Å². The van der Waals surface area contributed by atoms with Gasteiger partial charge >= 0.3 is 11.9 Å². The summed E-state index contributed by atoms with van der Waals surface area (Å²) in [5, 5.41) is 25.3. The zero-order valence-corrected chi connectivity index (χ0v) is 19.6. The number of hydrogen-bond donors (Lipinski definition) is 8. The number of aliphatic carboxylic acids is 2. The second kappa shape index (κ2) is 14.6. The number of benzene rings is 1. The zero-order valence-electron chi connectivity index (χ0n) is 18.7. The minimum Gasteiger partial charge on any atom is -0.481 e. The average Bonchev–Trinajstić information content (AvgIpc) is 2.79. The molecule has 1 rings (SSSR count). The van der Waals surface area contributed by atoms with Crippen LogP contribution in [0.5, 0.6) is 0 Å². The summed E-state index contributed by atoms with van der Waals surface area (Å²) >= 11 is 3.88. The normalized spacial score (nSPS) is 14.0. The topological polar surface area (TPSA) is 231 Å². The Morgan fingerprint density at radius 2 is 1.40 bits per heavy atom. The summed E-state index contributed by atoms with van der Waals surface area (Å²) in [6.45, 7) is 0. The number of carbonyl (C=O) groups excluding carboxylic acids is 4. The Kier molecular flexibility index (Phi) is 12.2. The van der Waals surface area contributed by atoms with Crippen LogP contribution in [0.2, 0.25) is 0 Å². The molecule has 0 aliphatic carbocycles. The van der Waals surface area contributed by atoms with Gasteiger partial charge < -0.3 is 37.6 Å². The lowest BCUT2D eigenvalue weighted by Gasteiger charge is -2.24. The summed E-state index contributed by atoms with van der Waals surface area (Å²) in [5.74, 6) is -6.34. The summed E-state index contributed by atoms with van der Waals surface area (Å²) in [6.07, 6.45) is -1.45. The van der Waals surface area contributed by atoms with E-state index in [-0.39, 0.29) is 25.0 Å². The molecule has 0 bridgehead atoms. The van der Waals surface area contributed by atoms with Crippen molar-refractivity contribution in [2.45, 2.75) is 49.9 Å². The van der Waals surface area contributed by atoms with E-state index in [2.05, 4.69) is 28.6 Å². The quantitative estimate of drug-likeness (QED) is 0.119. The Morgan fingerprint density at radius 1 is 0.857 bits per heavy atom. The molecule has 1 aromatic rings. The van der Waals surface area contributed by atoms with Crippen LogP contribution in [0.4, 0.5) is 0 Å². The third kappa shape index (κ3) is 10.9. The Balaban J connectivity index is 3.12. The highest BCUT2D eigenvalue weighted by molar-refractivity contribution is 7.80. The number of thiol groups is 1. The number of carboxylic acids is 2. The lowest BCUT2D eigenvalue weighted by Crippen LogP contribution is -2.58. The molecule has 0 heterocycles. The van der Waals surface area contributed by atoms with E-state index < -0.39 is 66.2 Å². The fraction of sp³-hybridized carbons (Fsp3) is 0.429. The van der Waals surface area contributed by atoms with Gasteiger partial charge in [0.25, 0.3) is 0 Å². The number of nitrogens with two attached hydrogens (primary N) is 2. The van der Waals surface area contributed by atoms with Gasteiger partial charge in [-0.05, 0) is 12.0 Å². The lowest BCUT2D eigenvalue weighted by atomic mass is 10.0. The van der Waals surface area contributed by atoms with Crippen molar-refractivity contribution >= 4 is 48.2 Å². The van der Waals surface area contributed by atoms with Crippen molar-refractivity contribution in [2.75, 3.05) is 5.75 Å². The fourth-order valence-electron chi connectivity index (χ4n) is 2.89. The molecule has 0 radical (unpaired) electrons. The molecule has 0 saturated carbocycles. The highest BCUT2D eigenvalue weighted by atomic mass is 32.1. The first-order valence-electron chi connectivity index (χ1n) is 10.5. The van der Waals surface area contributed by atoms with Crippen LogP contribution in [0.3, 0.4) is 0 Å². The molecule has 0 spiro atoms. The van der Waals surface area contributed by atoms with Crippen molar-refractivity contribution < 1.29 is 39.0 Å². The molecule has 0 fully saturated rings. The second-order valence-corrected chi connectivity index (χ2v) is 7.97. The molecular weight excluding hydrogens is 482 g/mol. The maximum atomic E-state index is 12.9. The molecule has 0 aliphatic heterocycles. The van der Waals surface area contributed by atoms with Crippen LogP contribution in [-0.4, -0.2) is 75.7 Å². The number of amides is 4. The van der Waals surface area contributed by atoms with Crippen molar-refractivity contribution in [2.24, 2.45) is 11.5 Å². The Morgan fingerprint density at radius 3 is 1.91 bits per heavy atom. The van der Waals surface area contributed by atoms with E-state index >= 15 is 0 Å². The standard InChI is InChI=1S/C21H29N5O8S/c22-12(10-35)18(30)25-15(9-17(28)29)20(32)26-14(8-11-4-2-1-3-5-11)19(31)24-13(21(33)34)6-7-16(23)27/h1-5,12-15,35H,6-10,22H2,(H2,23,27)(H,24,31)(H,25,30)(H,26,32)(H,28,29)(H,33,34). The molecule has 0 aromatic heterocycles. The Hall–Kier alpha value is -3.65. The van der Waals surface area contributed by atoms with Crippen molar-refractivity contribution in [1.29, 1.82) is 0 Å². The zero-order chi connectivity index (χ0) is 26.5. The summed E-state index contributed by atoms with van der Waals surface area (Å²) in [6, 6.07) is 2.95. The predicted octanol–water partition coefficient (Wildman–Crippen LogP) is -2.23. The van der Waals surface area contributed by atoms with E-state index in [1.807, 2.05) is 0 Å². The van der Waals surface area contributed by atoms with E-state index in [4.69, 9.17) is 16.6 Å². The molecule has 1 aromatic carbocycles. The first kappa shape index (κ1) is 29.4. The third-order valence-corrected chi connectivity index (χ3v) is 5.15. The molecule has 4 atom stereocenters. The van der Waals surface area contributed by atoms with Crippen LogP contribution in [0.1, 0.15) is 24.8 Å². The first-order valence-corrected chi connectivity index (χ1v) is 11.1. The maximum Gasteiger partial charge on any atom is 0.326 e. The SMILES string of the molecule is NC(=O)CCC(NC(=O)C(Cc1ccccc1)NC(=O)C(CC(=O)O)NC(=O)C(N)CS)C(=O)O. The predicted molar refractivity (Wildman–Crippen MR) is 126 cm³/mol. The van der Waals surface area contributed by atoms with Crippen LogP contribution < -0.4 is 27.4 Å². The number of carbonyl (C=O) groups is 6.